The lowest BCUT2D eigenvalue weighted by Crippen LogP contribution is -2.37. The number of benzene rings is 1. The van der Waals surface area contributed by atoms with Crippen molar-refractivity contribution in [3.8, 4) is 0 Å². The first-order chi connectivity index (χ1) is 10.1. The molecule has 0 heterocycles. The van der Waals surface area contributed by atoms with Gasteiger partial charge in [-0.05, 0) is 55.7 Å². The molecule has 1 aromatic carbocycles. The van der Waals surface area contributed by atoms with Crippen molar-refractivity contribution in [3.05, 3.63) is 35.4 Å². The summed E-state index contributed by atoms with van der Waals surface area (Å²) in [6.45, 7) is 0.0797. The molecule has 1 aliphatic rings. The van der Waals surface area contributed by atoms with Crippen LogP contribution < -0.4 is 5.32 Å². The van der Waals surface area contributed by atoms with Gasteiger partial charge >= 0.3 is 0 Å². The Labute approximate surface area is 123 Å². The molecule has 0 aliphatic heterocycles. The highest BCUT2D eigenvalue weighted by atomic mass is 19.2. The van der Waals surface area contributed by atoms with E-state index in [-0.39, 0.29) is 18.6 Å². The Balaban J connectivity index is 1.72. The molecule has 0 spiro atoms. The van der Waals surface area contributed by atoms with E-state index in [1.807, 2.05) is 0 Å². The summed E-state index contributed by atoms with van der Waals surface area (Å²) in [7, 11) is 0. The van der Waals surface area contributed by atoms with E-state index in [0.717, 1.165) is 18.9 Å². The normalized spacial score (nSPS) is 15.8. The molecule has 5 heteroatoms. The maximum absolute atomic E-state index is 13.0. The highest BCUT2D eigenvalue weighted by Crippen LogP contribution is 2.33. The van der Waals surface area contributed by atoms with Gasteiger partial charge in [-0.1, -0.05) is 6.07 Å². The molecule has 0 bridgehead atoms. The molecule has 0 radical (unpaired) electrons. The number of hydrogen-bond acceptors (Lipinski definition) is 2. The van der Waals surface area contributed by atoms with E-state index < -0.39 is 11.6 Å². The number of amides is 1. The first-order valence-corrected chi connectivity index (χ1v) is 7.44. The number of aryl methyl sites for hydroxylation is 1. The zero-order valence-electron chi connectivity index (χ0n) is 11.9. The molecule has 1 unspecified atom stereocenters. The van der Waals surface area contributed by atoms with Gasteiger partial charge in [0, 0.05) is 19.1 Å². The number of halogens is 2. The summed E-state index contributed by atoms with van der Waals surface area (Å²) in [5.74, 6) is -1.24. The van der Waals surface area contributed by atoms with E-state index >= 15 is 0 Å². The van der Waals surface area contributed by atoms with Crippen molar-refractivity contribution in [3.63, 3.8) is 0 Å². The molecule has 2 rings (SSSR count). The number of aliphatic hydroxyl groups is 1. The minimum absolute atomic E-state index is 0.0390. The van der Waals surface area contributed by atoms with E-state index in [9.17, 15) is 13.6 Å². The Kier molecular flexibility index (Phi) is 5.67. The van der Waals surface area contributed by atoms with Gasteiger partial charge < -0.3 is 10.4 Å². The van der Waals surface area contributed by atoms with Gasteiger partial charge in [0.1, 0.15) is 0 Å². The predicted octanol–water partition coefficient (Wildman–Crippen LogP) is 2.56. The Morgan fingerprint density at radius 1 is 1.33 bits per heavy atom. The van der Waals surface area contributed by atoms with Gasteiger partial charge in [-0.3, -0.25) is 4.79 Å². The van der Waals surface area contributed by atoms with Crippen LogP contribution >= 0.6 is 0 Å². The van der Waals surface area contributed by atoms with E-state index in [2.05, 4.69) is 5.32 Å². The van der Waals surface area contributed by atoms with E-state index in [1.54, 1.807) is 0 Å². The molecule has 1 atom stereocenters. The summed E-state index contributed by atoms with van der Waals surface area (Å²) < 4.78 is 25.8. The van der Waals surface area contributed by atoms with Crippen LogP contribution in [-0.4, -0.2) is 23.7 Å². The number of carbonyl (C=O) groups excluding carboxylic acids is 1. The summed E-state index contributed by atoms with van der Waals surface area (Å²) in [5, 5.41) is 11.9. The molecule has 1 fully saturated rings. The molecule has 1 aromatic rings. The van der Waals surface area contributed by atoms with Gasteiger partial charge in [0.25, 0.3) is 0 Å². The average Bonchev–Trinajstić information content (AvgIpc) is 3.27. The predicted molar refractivity (Wildman–Crippen MR) is 75.7 cm³/mol. The summed E-state index contributed by atoms with van der Waals surface area (Å²) >= 11 is 0. The number of aliphatic hydroxyl groups excluding tert-OH is 1. The lowest BCUT2D eigenvalue weighted by atomic mass is 10.1. The van der Waals surface area contributed by atoms with Crippen LogP contribution in [0.25, 0.3) is 0 Å². The highest BCUT2D eigenvalue weighted by molar-refractivity contribution is 5.76. The van der Waals surface area contributed by atoms with Gasteiger partial charge in [-0.15, -0.1) is 0 Å². The highest BCUT2D eigenvalue weighted by Gasteiger charge is 2.31. The maximum Gasteiger partial charge on any atom is 0.220 e. The molecule has 0 aromatic heterocycles. The second-order valence-corrected chi connectivity index (χ2v) is 5.63. The third-order valence-corrected chi connectivity index (χ3v) is 3.83. The molecular weight excluding hydrogens is 276 g/mol. The van der Waals surface area contributed by atoms with Crippen LogP contribution in [-0.2, 0) is 11.2 Å². The second-order valence-electron chi connectivity index (χ2n) is 5.63. The van der Waals surface area contributed by atoms with Gasteiger partial charge in [0.05, 0.1) is 0 Å². The van der Waals surface area contributed by atoms with Crippen molar-refractivity contribution in [1.29, 1.82) is 0 Å². The molecule has 2 N–H and O–H groups in total. The lowest BCUT2D eigenvalue weighted by molar-refractivity contribution is -0.122. The smallest absolute Gasteiger partial charge is 0.220 e. The van der Waals surface area contributed by atoms with Gasteiger partial charge in [0.15, 0.2) is 11.6 Å². The minimum atomic E-state index is -0.854. The fraction of sp³-hybridized carbons (Fsp3) is 0.562. The molecular formula is C16H21F2NO2. The summed E-state index contributed by atoms with van der Waals surface area (Å²) in [4.78, 5) is 11.8. The van der Waals surface area contributed by atoms with Crippen LogP contribution in [0.2, 0.25) is 0 Å². The van der Waals surface area contributed by atoms with Crippen LogP contribution in [0.15, 0.2) is 18.2 Å². The Morgan fingerprint density at radius 2 is 2.10 bits per heavy atom. The van der Waals surface area contributed by atoms with Crippen LogP contribution in [0.1, 0.15) is 37.7 Å². The largest absolute Gasteiger partial charge is 0.396 e. The SMILES string of the molecule is O=C(CCCc1ccc(F)c(F)c1)NC(CCO)C1CC1. The average molecular weight is 297 g/mol. The van der Waals surface area contributed by atoms with Crippen LogP contribution in [0.4, 0.5) is 8.78 Å². The van der Waals surface area contributed by atoms with Crippen molar-refractivity contribution in [1.82, 2.24) is 5.32 Å². The number of rotatable bonds is 8. The van der Waals surface area contributed by atoms with Crippen molar-refractivity contribution < 1.29 is 18.7 Å². The van der Waals surface area contributed by atoms with Crippen LogP contribution in [0, 0.1) is 17.6 Å². The van der Waals surface area contributed by atoms with Crippen molar-refractivity contribution in [2.24, 2.45) is 5.92 Å². The topological polar surface area (TPSA) is 49.3 Å². The fourth-order valence-corrected chi connectivity index (χ4v) is 2.49. The molecule has 116 valence electrons. The number of carbonyl (C=O) groups is 1. The van der Waals surface area contributed by atoms with E-state index in [4.69, 9.17) is 5.11 Å². The van der Waals surface area contributed by atoms with Gasteiger partial charge in [-0.25, -0.2) is 8.78 Å². The number of hydrogen-bond donors (Lipinski definition) is 2. The zero-order chi connectivity index (χ0) is 15.2. The summed E-state index contributed by atoms with van der Waals surface area (Å²) in [6, 6.07) is 3.89. The third kappa shape index (κ3) is 5.08. The monoisotopic (exact) mass is 297 g/mol. The minimum Gasteiger partial charge on any atom is -0.396 e. The molecule has 1 amide bonds. The van der Waals surface area contributed by atoms with E-state index in [1.165, 1.54) is 12.1 Å². The quantitative estimate of drug-likeness (QED) is 0.775. The fourth-order valence-electron chi connectivity index (χ4n) is 2.49. The van der Waals surface area contributed by atoms with Crippen molar-refractivity contribution in [2.45, 2.75) is 44.6 Å². The standard InChI is InChI=1S/C16H21F2NO2/c17-13-7-4-11(10-14(13)18)2-1-3-16(21)19-15(8-9-20)12-5-6-12/h4,7,10,12,15,20H,1-3,5-6,8-9H2,(H,19,21). The van der Waals surface area contributed by atoms with Crippen molar-refractivity contribution in [2.75, 3.05) is 6.61 Å². The summed E-state index contributed by atoms with van der Waals surface area (Å²) in [6.07, 6.45) is 4.30. The first kappa shape index (κ1) is 15.9. The second kappa shape index (κ2) is 7.50. The van der Waals surface area contributed by atoms with E-state index in [0.29, 0.717) is 37.2 Å². The van der Waals surface area contributed by atoms with Crippen LogP contribution in [0.5, 0.6) is 0 Å². The van der Waals surface area contributed by atoms with Crippen LogP contribution in [0.3, 0.4) is 0 Å². The summed E-state index contributed by atoms with van der Waals surface area (Å²) in [5.41, 5.74) is 0.691. The Bertz CT molecular complexity index is 489. The zero-order valence-corrected chi connectivity index (χ0v) is 11.9. The van der Waals surface area contributed by atoms with Gasteiger partial charge in [-0.2, -0.15) is 0 Å². The van der Waals surface area contributed by atoms with Crippen molar-refractivity contribution >= 4 is 5.91 Å². The van der Waals surface area contributed by atoms with Gasteiger partial charge in [0.2, 0.25) is 5.91 Å². The third-order valence-electron chi connectivity index (χ3n) is 3.83. The number of nitrogens with one attached hydrogen (secondary N) is 1. The molecule has 0 saturated heterocycles. The Morgan fingerprint density at radius 3 is 2.71 bits per heavy atom. The molecule has 1 saturated carbocycles. The molecule has 3 nitrogen and oxygen atoms in total. The Hall–Kier alpha value is -1.49. The molecule has 1 aliphatic carbocycles. The first-order valence-electron chi connectivity index (χ1n) is 7.44. The lowest BCUT2D eigenvalue weighted by Gasteiger charge is -2.17. The molecule has 21 heavy (non-hydrogen) atoms. The maximum atomic E-state index is 13.0.